The summed E-state index contributed by atoms with van der Waals surface area (Å²) in [5.41, 5.74) is 4.01. The maximum atomic E-state index is 12.8. The average molecular weight is 469 g/mol. The Hall–Kier alpha value is -3.91. The number of fused-ring (bicyclic) bond motifs is 3. The summed E-state index contributed by atoms with van der Waals surface area (Å²) in [4.78, 5) is 16.9. The molecule has 0 radical (unpaired) electrons. The van der Waals surface area contributed by atoms with Gasteiger partial charge in [-0.15, -0.1) is 16.8 Å². The van der Waals surface area contributed by atoms with Gasteiger partial charge in [0.15, 0.2) is 11.0 Å². The number of nitrogens with one attached hydrogen (secondary N) is 1. The maximum absolute atomic E-state index is 12.8. The number of amides is 1. The Kier molecular flexibility index (Phi) is 6.14. The van der Waals surface area contributed by atoms with Crippen LogP contribution in [0.25, 0.3) is 33.2 Å². The van der Waals surface area contributed by atoms with E-state index in [2.05, 4.69) is 62.8 Å². The lowest BCUT2D eigenvalue weighted by Crippen LogP contribution is -2.14. The Morgan fingerprint density at radius 1 is 1.06 bits per heavy atom. The van der Waals surface area contributed by atoms with E-state index in [0.717, 1.165) is 28.7 Å². The van der Waals surface area contributed by atoms with Crippen LogP contribution >= 0.6 is 11.8 Å². The van der Waals surface area contributed by atoms with Crippen LogP contribution in [-0.4, -0.2) is 36.0 Å². The molecule has 7 nitrogen and oxygen atoms in total. The van der Waals surface area contributed by atoms with Crippen molar-refractivity contribution < 1.29 is 4.79 Å². The van der Waals surface area contributed by atoms with Gasteiger partial charge in [0.1, 0.15) is 0 Å². The summed E-state index contributed by atoms with van der Waals surface area (Å²) in [6.45, 7) is 7.41. The summed E-state index contributed by atoms with van der Waals surface area (Å²) in [6.07, 6.45) is 5.25. The first kappa shape index (κ1) is 21.9. The molecule has 170 valence electrons. The molecule has 0 saturated heterocycles. The predicted molar refractivity (Wildman–Crippen MR) is 138 cm³/mol. The van der Waals surface area contributed by atoms with E-state index in [9.17, 15) is 4.79 Å². The number of para-hydroxylation sites is 1. The second kappa shape index (κ2) is 9.52. The standard InChI is InChI=1S/C26H24N6OS/c1-3-14-32-25(18-8-7-13-27-16-18)29-30-26(32)34-17-24(33)28-19-11-12-23-21(15-19)20-9-5-6-10-22(20)31(23)4-2/h3,5-13,15-16H,1,4,14,17H2,2H3,(H,28,33). The number of hydrogen-bond acceptors (Lipinski definition) is 5. The van der Waals surface area contributed by atoms with Gasteiger partial charge < -0.3 is 9.88 Å². The van der Waals surface area contributed by atoms with E-state index in [-0.39, 0.29) is 11.7 Å². The topological polar surface area (TPSA) is 77.6 Å². The molecule has 3 heterocycles. The van der Waals surface area contributed by atoms with Gasteiger partial charge in [0.25, 0.3) is 0 Å². The lowest BCUT2D eigenvalue weighted by molar-refractivity contribution is -0.113. The Morgan fingerprint density at radius 3 is 2.71 bits per heavy atom. The van der Waals surface area contributed by atoms with Crippen molar-refractivity contribution in [3.63, 3.8) is 0 Å². The van der Waals surface area contributed by atoms with E-state index in [1.165, 1.54) is 22.7 Å². The van der Waals surface area contributed by atoms with Crippen LogP contribution in [0.5, 0.6) is 0 Å². The lowest BCUT2D eigenvalue weighted by atomic mass is 10.1. The number of anilines is 1. The second-order valence-electron chi connectivity index (χ2n) is 7.78. The molecular formula is C26H24N6OS. The normalized spacial score (nSPS) is 11.2. The molecule has 0 bridgehead atoms. The number of nitrogens with zero attached hydrogens (tertiary/aromatic N) is 5. The van der Waals surface area contributed by atoms with Crippen molar-refractivity contribution in [2.45, 2.75) is 25.2 Å². The number of thioether (sulfide) groups is 1. The molecule has 0 saturated carbocycles. The van der Waals surface area contributed by atoms with Gasteiger partial charge in [-0.2, -0.15) is 0 Å². The first-order chi connectivity index (χ1) is 16.7. The van der Waals surface area contributed by atoms with Gasteiger partial charge in [-0.1, -0.05) is 36.0 Å². The first-order valence-corrected chi connectivity index (χ1v) is 12.1. The van der Waals surface area contributed by atoms with Crippen molar-refractivity contribution in [3.8, 4) is 11.4 Å². The van der Waals surface area contributed by atoms with Gasteiger partial charge in [-0.3, -0.25) is 14.3 Å². The highest BCUT2D eigenvalue weighted by Crippen LogP contribution is 2.31. The van der Waals surface area contributed by atoms with E-state index < -0.39 is 0 Å². The molecule has 8 heteroatoms. The summed E-state index contributed by atoms with van der Waals surface area (Å²) in [7, 11) is 0. The van der Waals surface area contributed by atoms with Crippen LogP contribution < -0.4 is 5.32 Å². The summed E-state index contributed by atoms with van der Waals surface area (Å²) in [6, 6.07) is 18.2. The smallest absolute Gasteiger partial charge is 0.234 e. The van der Waals surface area contributed by atoms with Crippen molar-refractivity contribution >= 4 is 45.2 Å². The fourth-order valence-corrected chi connectivity index (χ4v) is 4.94. The van der Waals surface area contributed by atoms with Gasteiger partial charge >= 0.3 is 0 Å². The highest BCUT2D eigenvalue weighted by atomic mass is 32.2. The van der Waals surface area contributed by atoms with Gasteiger partial charge in [-0.25, -0.2) is 0 Å². The predicted octanol–water partition coefficient (Wildman–Crippen LogP) is 5.38. The number of carbonyl (C=O) groups excluding carboxylic acids is 1. The molecule has 0 spiro atoms. The number of hydrogen-bond donors (Lipinski definition) is 1. The van der Waals surface area contributed by atoms with Crippen molar-refractivity contribution in [3.05, 3.63) is 79.6 Å². The molecule has 5 rings (SSSR count). The molecule has 0 aliphatic heterocycles. The minimum atomic E-state index is -0.0975. The number of allylic oxidation sites excluding steroid dienone is 1. The minimum Gasteiger partial charge on any atom is -0.341 e. The van der Waals surface area contributed by atoms with Gasteiger partial charge in [0, 0.05) is 58.5 Å². The molecule has 0 fully saturated rings. The second-order valence-corrected chi connectivity index (χ2v) is 8.72. The van der Waals surface area contributed by atoms with E-state index in [4.69, 9.17) is 0 Å². The first-order valence-electron chi connectivity index (χ1n) is 11.1. The Balaban J connectivity index is 1.34. The monoisotopic (exact) mass is 468 g/mol. The third-order valence-electron chi connectivity index (χ3n) is 5.65. The lowest BCUT2D eigenvalue weighted by Gasteiger charge is -2.08. The van der Waals surface area contributed by atoms with Crippen LogP contribution in [0.15, 0.2) is 84.8 Å². The molecule has 1 amide bonds. The van der Waals surface area contributed by atoms with Gasteiger partial charge in [-0.05, 0) is 43.3 Å². The zero-order valence-electron chi connectivity index (χ0n) is 18.8. The molecule has 0 aliphatic carbocycles. The SMILES string of the molecule is C=CCn1c(SCC(=O)Nc2ccc3c(c2)c2ccccc2n3CC)nnc1-c1cccnc1. The average Bonchev–Trinajstić information content (AvgIpc) is 3.42. The van der Waals surface area contributed by atoms with E-state index >= 15 is 0 Å². The fraction of sp³-hybridized carbons (Fsp3) is 0.154. The molecule has 34 heavy (non-hydrogen) atoms. The van der Waals surface area contributed by atoms with Crippen LogP contribution in [0.2, 0.25) is 0 Å². The quantitative estimate of drug-likeness (QED) is 0.244. The Morgan fingerprint density at radius 2 is 1.91 bits per heavy atom. The summed E-state index contributed by atoms with van der Waals surface area (Å²) >= 11 is 1.35. The molecule has 0 unspecified atom stereocenters. The molecule has 0 atom stereocenters. The number of aryl methyl sites for hydroxylation is 1. The molecule has 3 aromatic heterocycles. The summed E-state index contributed by atoms with van der Waals surface area (Å²) in [5.74, 6) is 0.824. The third-order valence-corrected chi connectivity index (χ3v) is 6.62. The van der Waals surface area contributed by atoms with E-state index in [1.54, 1.807) is 18.5 Å². The fourth-order valence-electron chi connectivity index (χ4n) is 4.20. The molecule has 1 N–H and O–H groups in total. The van der Waals surface area contributed by atoms with Crippen molar-refractivity contribution in [1.29, 1.82) is 0 Å². The van der Waals surface area contributed by atoms with Crippen LogP contribution in [-0.2, 0) is 17.9 Å². The molecule has 2 aromatic carbocycles. The van der Waals surface area contributed by atoms with Gasteiger partial charge in [0.2, 0.25) is 5.91 Å². The van der Waals surface area contributed by atoms with E-state index in [1.807, 2.05) is 34.9 Å². The van der Waals surface area contributed by atoms with Crippen molar-refractivity contribution in [2.75, 3.05) is 11.1 Å². The summed E-state index contributed by atoms with van der Waals surface area (Å²) in [5, 5.41) is 14.6. The Labute approximate surface area is 201 Å². The minimum absolute atomic E-state index is 0.0975. The number of benzene rings is 2. The zero-order valence-corrected chi connectivity index (χ0v) is 19.6. The van der Waals surface area contributed by atoms with Crippen molar-refractivity contribution in [1.82, 2.24) is 24.3 Å². The molecule has 5 aromatic rings. The van der Waals surface area contributed by atoms with Gasteiger partial charge in [0.05, 0.1) is 5.75 Å². The van der Waals surface area contributed by atoms with E-state index in [0.29, 0.717) is 17.5 Å². The van der Waals surface area contributed by atoms with Crippen LogP contribution in [0.1, 0.15) is 6.92 Å². The zero-order chi connectivity index (χ0) is 23.5. The third kappa shape index (κ3) is 4.08. The van der Waals surface area contributed by atoms with Crippen molar-refractivity contribution in [2.24, 2.45) is 0 Å². The molecular weight excluding hydrogens is 444 g/mol. The number of carbonyl (C=O) groups is 1. The number of rotatable bonds is 8. The maximum Gasteiger partial charge on any atom is 0.234 e. The largest absolute Gasteiger partial charge is 0.341 e. The molecule has 0 aliphatic rings. The number of pyridine rings is 1. The Bertz CT molecular complexity index is 1490. The summed E-state index contributed by atoms with van der Waals surface area (Å²) < 4.78 is 4.23. The van der Waals surface area contributed by atoms with Crippen LogP contribution in [0, 0.1) is 0 Å². The highest BCUT2D eigenvalue weighted by Gasteiger charge is 2.16. The van der Waals surface area contributed by atoms with Crippen LogP contribution in [0.3, 0.4) is 0 Å². The van der Waals surface area contributed by atoms with Crippen LogP contribution in [0.4, 0.5) is 5.69 Å². The number of aromatic nitrogens is 5. The highest BCUT2D eigenvalue weighted by molar-refractivity contribution is 7.99.